The molecule has 2 heteroatoms. The molecular formula is C7H11NO. The summed E-state index contributed by atoms with van der Waals surface area (Å²) >= 11 is 0. The van der Waals surface area contributed by atoms with Gasteiger partial charge in [-0.3, -0.25) is 0 Å². The van der Waals surface area contributed by atoms with Crippen molar-refractivity contribution in [1.29, 1.82) is 5.26 Å². The van der Waals surface area contributed by atoms with E-state index in [-0.39, 0.29) is 11.5 Å². The maximum atomic E-state index is 9.23. The summed E-state index contributed by atoms with van der Waals surface area (Å²) in [5.74, 6) is 0. The van der Waals surface area contributed by atoms with Gasteiger partial charge in [-0.2, -0.15) is 5.26 Å². The van der Waals surface area contributed by atoms with Crippen LogP contribution >= 0.6 is 0 Å². The number of nitriles is 1. The Hall–Kier alpha value is -0.550. The molecule has 0 spiro atoms. The molecule has 1 atom stereocenters. The molecule has 0 heterocycles. The molecule has 1 saturated carbocycles. The molecule has 0 amide bonds. The van der Waals surface area contributed by atoms with E-state index in [1.165, 1.54) is 0 Å². The summed E-state index contributed by atoms with van der Waals surface area (Å²) in [5, 5.41) is 17.8. The summed E-state index contributed by atoms with van der Waals surface area (Å²) in [6, 6.07) is 2.15. The molecule has 0 radical (unpaired) electrons. The summed E-state index contributed by atoms with van der Waals surface area (Å²) in [6.45, 7) is 1.90. The molecule has 0 aliphatic heterocycles. The molecule has 0 bridgehead atoms. The zero-order valence-electron chi connectivity index (χ0n) is 5.59. The van der Waals surface area contributed by atoms with Gasteiger partial charge in [0.15, 0.2) is 0 Å². The average molecular weight is 125 g/mol. The number of nitrogens with zero attached hydrogens (tertiary/aromatic N) is 1. The van der Waals surface area contributed by atoms with Gasteiger partial charge >= 0.3 is 0 Å². The van der Waals surface area contributed by atoms with Gasteiger partial charge in [-0.1, -0.05) is 6.92 Å². The first-order chi connectivity index (χ1) is 4.25. The molecular weight excluding hydrogens is 114 g/mol. The van der Waals surface area contributed by atoms with Crippen LogP contribution in [0.4, 0.5) is 0 Å². The van der Waals surface area contributed by atoms with E-state index in [0.717, 1.165) is 12.8 Å². The topological polar surface area (TPSA) is 44.0 Å². The van der Waals surface area contributed by atoms with Crippen molar-refractivity contribution < 1.29 is 5.11 Å². The SMILES string of the molecule is CCC(O)C1(C#N)CC1. The lowest BCUT2D eigenvalue weighted by Gasteiger charge is -2.10. The second-order valence-corrected chi connectivity index (χ2v) is 2.69. The monoisotopic (exact) mass is 125 g/mol. The first-order valence-electron chi connectivity index (χ1n) is 3.34. The third-order valence-electron chi connectivity index (χ3n) is 2.04. The van der Waals surface area contributed by atoms with Crippen molar-refractivity contribution in [2.45, 2.75) is 32.3 Å². The van der Waals surface area contributed by atoms with Crippen molar-refractivity contribution in [3.8, 4) is 6.07 Å². The fourth-order valence-corrected chi connectivity index (χ4v) is 1.04. The minimum absolute atomic E-state index is 0.339. The molecule has 1 N–H and O–H groups in total. The van der Waals surface area contributed by atoms with E-state index in [9.17, 15) is 5.11 Å². The zero-order chi connectivity index (χ0) is 6.91. The van der Waals surface area contributed by atoms with Gasteiger partial charge in [-0.25, -0.2) is 0 Å². The van der Waals surface area contributed by atoms with Crippen molar-refractivity contribution in [3.05, 3.63) is 0 Å². The maximum absolute atomic E-state index is 9.23. The Balaban J connectivity index is 2.52. The summed E-state index contributed by atoms with van der Waals surface area (Å²) in [6.07, 6.45) is 2.09. The van der Waals surface area contributed by atoms with Crippen molar-refractivity contribution in [1.82, 2.24) is 0 Å². The van der Waals surface area contributed by atoms with Gasteiger partial charge in [0.1, 0.15) is 0 Å². The van der Waals surface area contributed by atoms with E-state index in [0.29, 0.717) is 6.42 Å². The molecule has 0 aromatic heterocycles. The fourth-order valence-electron chi connectivity index (χ4n) is 1.04. The minimum atomic E-state index is -0.387. The van der Waals surface area contributed by atoms with Gasteiger partial charge in [0.2, 0.25) is 0 Å². The Morgan fingerprint density at radius 2 is 2.33 bits per heavy atom. The van der Waals surface area contributed by atoms with Crippen LogP contribution < -0.4 is 0 Å². The zero-order valence-corrected chi connectivity index (χ0v) is 5.59. The van der Waals surface area contributed by atoms with Crippen LogP contribution in [0, 0.1) is 16.7 Å². The fraction of sp³-hybridized carbons (Fsp3) is 0.857. The van der Waals surface area contributed by atoms with Crippen LogP contribution in [0.5, 0.6) is 0 Å². The second kappa shape index (κ2) is 2.00. The minimum Gasteiger partial charge on any atom is -0.391 e. The highest BCUT2D eigenvalue weighted by Gasteiger charge is 2.48. The number of hydrogen-bond acceptors (Lipinski definition) is 2. The van der Waals surface area contributed by atoms with E-state index >= 15 is 0 Å². The molecule has 2 nitrogen and oxygen atoms in total. The number of rotatable bonds is 2. The predicted octanol–water partition coefficient (Wildman–Crippen LogP) is 1.06. The highest BCUT2D eigenvalue weighted by atomic mass is 16.3. The molecule has 1 aliphatic rings. The molecule has 1 rings (SSSR count). The van der Waals surface area contributed by atoms with Crippen LogP contribution in [0.2, 0.25) is 0 Å². The van der Waals surface area contributed by atoms with E-state index < -0.39 is 0 Å². The Morgan fingerprint density at radius 3 is 2.44 bits per heavy atom. The van der Waals surface area contributed by atoms with Gasteiger partial charge in [0.05, 0.1) is 17.6 Å². The van der Waals surface area contributed by atoms with E-state index in [1.54, 1.807) is 0 Å². The van der Waals surface area contributed by atoms with Gasteiger partial charge in [-0.05, 0) is 19.3 Å². The summed E-state index contributed by atoms with van der Waals surface area (Å²) in [5.41, 5.74) is -0.339. The standard InChI is InChI=1S/C7H11NO/c1-2-6(9)7(5-8)3-4-7/h6,9H,2-4H2,1H3. The van der Waals surface area contributed by atoms with Gasteiger partial charge < -0.3 is 5.11 Å². The smallest absolute Gasteiger partial charge is 0.0833 e. The second-order valence-electron chi connectivity index (χ2n) is 2.69. The number of hydrogen-bond donors (Lipinski definition) is 1. The Bertz CT molecular complexity index is 143. The first kappa shape index (κ1) is 6.57. The summed E-state index contributed by atoms with van der Waals surface area (Å²) in [7, 11) is 0. The molecule has 0 saturated heterocycles. The lowest BCUT2D eigenvalue weighted by atomic mass is 9.99. The first-order valence-corrected chi connectivity index (χ1v) is 3.34. The quantitative estimate of drug-likeness (QED) is 0.599. The van der Waals surface area contributed by atoms with Crippen molar-refractivity contribution in [3.63, 3.8) is 0 Å². The van der Waals surface area contributed by atoms with Crippen LogP contribution in [-0.4, -0.2) is 11.2 Å². The van der Waals surface area contributed by atoms with Gasteiger partial charge in [0, 0.05) is 0 Å². The van der Waals surface area contributed by atoms with Gasteiger partial charge in [0.25, 0.3) is 0 Å². The maximum Gasteiger partial charge on any atom is 0.0833 e. The molecule has 50 valence electrons. The lowest BCUT2D eigenvalue weighted by molar-refractivity contribution is 0.117. The third-order valence-corrected chi connectivity index (χ3v) is 2.04. The highest BCUT2D eigenvalue weighted by molar-refractivity contribution is 5.13. The lowest BCUT2D eigenvalue weighted by Crippen LogP contribution is -2.18. The molecule has 9 heavy (non-hydrogen) atoms. The highest BCUT2D eigenvalue weighted by Crippen LogP contribution is 2.48. The Labute approximate surface area is 55.1 Å². The van der Waals surface area contributed by atoms with Crippen LogP contribution in [0.3, 0.4) is 0 Å². The van der Waals surface area contributed by atoms with Crippen LogP contribution in [-0.2, 0) is 0 Å². The predicted molar refractivity (Wildman–Crippen MR) is 33.6 cm³/mol. The Kier molecular flexibility index (Phi) is 1.46. The van der Waals surface area contributed by atoms with Crippen LogP contribution in [0.15, 0.2) is 0 Å². The van der Waals surface area contributed by atoms with Crippen LogP contribution in [0.1, 0.15) is 26.2 Å². The van der Waals surface area contributed by atoms with Crippen LogP contribution in [0.25, 0.3) is 0 Å². The van der Waals surface area contributed by atoms with E-state index in [4.69, 9.17) is 5.26 Å². The molecule has 0 aromatic rings. The van der Waals surface area contributed by atoms with Crippen molar-refractivity contribution >= 4 is 0 Å². The van der Waals surface area contributed by atoms with E-state index in [2.05, 4.69) is 6.07 Å². The summed E-state index contributed by atoms with van der Waals surface area (Å²) < 4.78 is 0. The number of aliphatic hydroxyl groups is 1. The largest absolute Gasteiger partial charge is 0.391 e. The van der Waals surface area contributed by atoms with Crippen molar-refractivity contribution in [2.24, 2.45) is 5.41 Å². The average Bonchev–Trinajstić information content (AvgIpc) is 2.66. The van der Waals surface area contributed by atoms with Crippen molar-refractivity contribution in [2.75, 3.05) is 0 Å². The summed E-state index contributed by atoms with van der Waals surface area (Å²) in [4.78, 5) is 0. The van der Waals surface area contributed by atoms with E-state index in [1.807, 2.05) is 6.92 Å². The molecule has 0 aromatic carbocycles. The Morgan fingerprint density at radius 1 is 1.78 bits per heavy atom. The molecule has 1 aliphatic carbocycles. The van der Waals surface area contributed by atoms with Gasteiger partial charge in [-0.15, -0.1) is 0 Å². The molecule has 1 fully saturated rings. The number of aliphatic hydroxyl groups excluding tert-OH is 1. The third kappa shape index (κ3) is 0.927. The normalized spacial score (nSPS) is 24.6. The molecule has 1 unspecified atom stereocenters.